The van der Waals surface area contributed by atoms with Crippen molar-refractivity contribution in [1.29, 1.82) is 0 Å². The van der Waals surface area contributed by atoms with Crippen LogP contribution in [0.15, 0.2) is 91.1 Å². The van der Waals surface area contributed by atoms with Gasteiger partial charge in [0.2, 0.25) is 17.7 Å². The van der Waals surface area contributed by atoms with Gasteiger partial charge in [0, 0.05) is 62.2 Å². The number of rotatable bonds is 30. The number of imide groups is 1. The molecule has 1 aromatic heterocycles. The predicted molar refractivity (Wildman–Crippen MR) is 292 cm³/mol. The van der Waals surface area contributed by atoms with Crippen molar-refractivity contribution in [1.82, 2.24) is 40.6 Å². The van der Waals surface area contributed by atoms with Crippen LogP contribution in [0, 0.1) is 23.0 Å². The lowest BCUT2D eigenvalue weighted by Crippen LogP contribution is -2.54. The van der Waals surface area contributed by atoms with Gasteiger partial charge >= 0.3 is 12.1 Å². The van der Waals surface area contributed by atoms with Gasteiger partial charge < -0.3 is 51.8 Å². The molecule has 0 fully saturated rings. The molecule has 0 bridgehead atoms. The van der Waals surface area contributed by atoms with Crippen LogP contribution >= 0.6 is 0 Å². The third kappa shape index (κ3) is 19.0. The highest BCUT2D eigenvalue weighted by atomic mass is 19.1. The van der Waals surface area contributed by atoms with Crippen molar-refractivity contribution in [2.45, 2.75) is 136 Å². The number of aliphatic hydroxyl groups is 2. The maximum atomic E-state index is 15.2. The molecule has 23 heteroatoms. The number of nitrogens with two attached hydrogens (primary N) is 1. The summed E-state index contributed by atoms with van der Waals surface area (Å²) in [6.07, 6.45) is 2.04. The SMILES string of the molecule is CC(C)C(NC(=O)CCCCCN1C(=O)C=CC1=O)C(=O)NC(CCCNC(N)=O)C(=O)Nc1ccc(COC(=O)NC(CF)CCN(C(O)C(C)O)C(c2nc(-c3cc(F)ccc3F)cn2Cc2ccccc2)C(C)(C)C)cc1. The first kappa shape index (κ1) is 63.2. The van der Waals surface area contributed by atoms with Crippen molar-refractivity contribution >= 4 is 47.3 Å². The molecule has 3 aromatic carbocycles. The number of nitrogens with one attached hydrogen (secondary N) is 5. The fourth-order valence-corrected chi connectivity index (χ4v) is 9.08. The number of unbranched alkanes of at least 4 members (excludes halogenated alkanes) is 2. The van der Waals surface area contributed by atoms with E-state index in [1.807, 2.05) is 51.1 Å². The Labute approximate surface area is 464 Å². The van der Waals surface area contributed by atoms with E-state index in [2.05, 4.69) is 26.6 Å². The summed E-state index contributed by atoms with van der Waals surface area (Å²) >= 11 is 0. The largest absolute Gasteiger partial charge is 0.445 e. The van der Waals surface area contributed by atoms with E-state index in [4.69, 9.17) is 15.5 Å². The fraction of sp³-hybridized carbons (Fsp3) is 0.474. The van der Waals surface area contributed by atoms with Crippen LogP contribution in [0.3, 0.4) is 0 Å². The van der Waals surface area contributed by atoms with Gasteiger partial charge in [-0.1, -0.05) is 83.5 Å². The Morgan fingerprint density at radius 3 is 2.14 bits per heavy atom. The molecule has 5 rings (SSSR count). The van der Waals surface area contributed by atoms with Gasteiger partial charge in [0.1, 0.15) is 49.1 Å². The average molecular weight is 1120 g/mol. The number of anilines is 1. The molecule has 0 saturated carbocycles. The molecule has 0 saturated heterocycles. The van der Waals surface area contributed by atoms with Crippen molar-refractivity contribution in [3.8, 4) is 11.3 Å². The zero-order valence-corrected chi connectivity index (χ0v) is 46.1. The molecule has 0 radical (unpaired) electrons. The van der Waals surface area contributed by atoms with Crippen molar-refractivity contribution in [2.75, 3.05) is 31.6 Å². The van der Waals surface area contributed by atoms with Crippen LogP contribution in [0.2, 0.25) is 0 Å². The number of carbonyl (C=O) groups excluding carboxylic acids is 7. The average Bonchev–Trinajstić information content (AvgIpc) is 4.03. The van der Waals surface area contributed by atoms with Gasteiger partial charge in [0.25, 0.3) is 11.8 Å². The number of alkyl carbamates (subject to hydrolysis) is 1. The second kappa shape index (κ2) is 30.1. The van der Waals surface area contributed by atoms with Gasteiger partial charge in [-0.25, -0.2) is 27.7 Å². The Balaban J connectivity index is 1.20. The maximum Gasteiger partial charge on any atom is 0.407 e. The van der Waals surface area contributed by atoms with Gasteiger partial charge in [-0.15, -0.1) is 0 Å². The number of urea groups is 1. The Morgan fingerprint density at radius 2 is 1.51 bits per heavy atom. The standard InChI is InChI=1S/C57H75F3N10O10/c1-35(2)49(67-46(72)17-11-8-12-28-69-47(73)24-25-48(69)74)53(76)66-44(16-13-27-62-55(61)78)52(75)63-40-21-18-38(19-22-40)34-80-56(79)64-41(31-58)26-29-70(54(77)36(3)71)50(57(4,5)6)51-65-45(42-30-39(59)20-23-43(42)60)33-68(51)32-37-14-9-7-10-15-37/h7,9-10,14-15,18-25,30,33,35-36,41,44,49-50,54,71,77H,8,11-13,16-17,26-29,31-32,34H2,1-6H3,(H,63,75)(H,64,79)(H,66,76)(H,67,72)(H3,61,62,78). The predicted octanol–water partition coefficient (Wildman–Crippen LogP) is 6.12. The number of primary amides is 1. The van der Waals surface area contributed by atoms with E-state index in [9.17, 15) is 52.6 Å². The molecular weight excluding hydrogens is 1040 g/mol. The maximum absolute atomic E-state index is 15.2. The van der Waals surface area contributed by atoms with Gasteiger partial charge in [-0.05, 0) is 91.8 Å². The van der Waals surface area contributed by atoms with E-state index in [0.717, 1.165) is 28.7 Å². The number of hydrogen-bond donors (Lipinski definition) is 8. The molecular formula is C57H75F3N10O10. The van der Waals surface area contributed by atoms with Crippen LogP contribution in [0.4, 0.5) is 28.4 Å². The van der Waals surface area contributed by atoms with Gasteiger partial charge in [-0.3, -0.25) is 33.8 Å². The van der Waals surface area contributed by atoms with Crippen LogP contribution < -0.4 is 32.3 Å². The number of halogens is 3. The topological polar surface area (TPSA) is 280 Å². The molecule has 434 valence electrons. The minimum Gasteiger partial charge on any atom is -0.445 e. The highest BCUT2D eigenvalue weighted by Gasteiger charge is 2.40. The highest BCUT2D eigenvalue weighted by molar-refractivity contribution is 6.12. The monoisotopic (exact) mass is 1120 g/mol. The lowest BCUT2D eigenvalue weighted by molar-refractivity contribution is -0.137. The van der Waals surface area contributed by atoms with Crippen LogP contribution in [0.5, 0.6) is 0 Å². The second-order valence-electron chi connectivity index (χ2n) is 21.2. The summed E-state index contributed by atoms with van der Waals surface area (Å²) in [6, 6.07) is 13.8. The van der Waals surface area contributed by atoms with Gasteiger partial charge in [0.15, 0.2) is 0 Å². The molecule has 20 nitrogen and oxygen atoms in total. The number of imidazole rings is 1. The molecule has 8 amide bonds. The highest BCUT2D eigenvalue weighted by Crippen LogP contribution is 2.41. The van der Waals surface area contributed by atoms with Crippen molar-refractivity contribution in [2.24, 2.45) is 17.1 Å². The first-order chi connectivity index (χ1) is 37.9. The Hall–Kier alpha value is -7.63. The minimum atomic E-state index is -1.52. The van der Waals surface area contributed by atoms with E-state index in [1.54, 1.807) is 41.6 Å². The molecule has 80 heavy (non-hydrogen) atoms. The van der Waals surface area contributed by atoms with Gasteiger partial charge in [-0.2, -0.15) is 0 Å². The lowest BCUT2D eigenvalue weighted by Gasteiger charge is -2.43. The van der Waals surface area contributed by atoms with E-state index in [1.165, 1.54) is 31.2 Å². The smallest absolute Gasteiger partial charge is 0.407 e. The van der Waals surface area contributed by atoms with Crippen LogP contribution in [0.25, 0.3) is 11.3 Å². The van der Waals surface area contributed by atoms with Crippen molar-refractivity contribution in [3.05, 3.63) is 120 Å². The molecule has 6 unspecified atom stereocenters. The normalized spacial score (nSPS) is 14.8. The molecule has 0 aliphatic carbocycles. The van der Waals surface area contributed by atoms with E-state index in [-0.39, 0.29) is 87.5 Å². The summed E-state index contributed by atoms with van der Waals surface area (Å²) in [6.45, 7) is 9.72. The zero-order valence-electron chi connectivity index (χ0n) is 46.1. The fourth-order valence-electron chi connectivity index (χ4n) is 9.08. The van der Waals surface area contributed by atoms with Crippen molar-refractivity contribution < 1.29 is 61.7 Å². The molecule has 1 aliphatic rings. The number of nitrogens with zero attached hydrogens (tertiary/aromatic N) is 4. The Kier molecular flexibility index (Phi) is 23.8. The molecule has 9 N–H and O–H groups in total. The number of amides is 8. The third-order valence-corrected chi connectivity index (χ3v) is 13.3. The summed E-state index contributed by atoms with van der Waals surface area (Å²) in [5, 5.41) is 35.6. The number of ether oxygens (including phenoxy) is 1. The van der Waals surface area contributed by atoms with E-state index in [0.29, 0.717) is 36.3 Å². The zero-order chi connectivity index (χ0) is 58.7. The van der Waals surface area contributed by atoms with Crippen LogP contribution in [-0.4, -0.2) is 128 Å². The van der Waals surface area contributed by atoms with Crippen LogP contribution in [-0.2, 0) is 41.9 Å². The number of benzene rings is 3. The number of alkyl halides is 1. The molecule has 0 spiro atoms. The summed E-state index contributed by atoms with van der Waals surface area (Å²) < 4.78 is 51.7. The first-order valence-electron chi connectivity index (χ1n) is 26.7. The quantitative estimate of drug-likeness (QED) is 0.0167. The van der Waals surface area contributed by atoms with Crippen molar-refractivity contribution in [3.63, 3.8) is 0 Å². The number of aromatic nitrogens is 2. The Bertz CT molecular complexity index is 2750. The summed E-state index contributed by atoms with van der Waals surface area (Å²) in [4.78, 5) is 95.9. The summed E-state index contributed by atoms with van der Waals surface area (Å²) in [5.74, 6) is -3.76. The second-order valence-corrected chi connectivity index (χ2v) is 21.2. The molecule has 6 atom stereocenters. The summed E-state index contributed by atoms with van der Waals surface area (Å²) in [7, 11) is 0. The molecule has 1 aliphatic heterocycles. The molecule has 2 heterocycles. The van der Waals surface area contributed by atoms with E-state index < -0.39 is 90.1 Å². The Morgan fingerprint density at radius 1 is 0.825 bits per heavy atom. The lowest BCUT2D eigenvalue weighted by atomic mass is 9.84. The summed E-state index contributed by atoms with van der Waals surface area (Å²) in [5.41, 5.74) is 6.17. The van der Waals surface area contributed by atoms with Gasteiger partial charge in [0.05, 0.1) is 23.9 Å². The first-order valence-corrected chi connectivity index (χ1v) is 26.7. The number of aliphatic hydroxyl groups excluding tert-OH is 2. The minimum absolute atomic E-state index is 0.0761. The number of hydrogen-bond acceptors (Lipinski definition) is 12. The number of carbonyl (C=O) groups is 7. The molecule has 4 aromatic rings. The third-order valence-electron chi connectivity index (χ3n) is 13.3. The van der Waals surface area contributed by atoms with E-state index >= 15 is 4.39 Å². The van der Waals surface area contributed by atoms with Crippen LogP contribution in [0.1, 0.15) is 109 Å².